The van der Waals surface area contributed by atoms with Crippen molar-refractivity contribution in [2.75, 3.05) is 18.8 Å². The summed E-state index contributed by atoms with van der Waals surface area (Å²) in [6, 6.07) is 0.294. The summed E-state index contributed by atoms with van der Waals surface area (Å²) in [5.41, 5.74) is 0. The van der Waals surface area contributed by atoms with E-state index in [4.69, 9.17) is 0 Å². The van der Waals surface area contributed by atoms with Gasteiger partial charge in [-0.2, -0.15) is 0 Å². The molecule has 1 unspecified atom stereocenters. The molecule has 5 heteroatoms. The average Bonchev–Trinajstić information content (AvgIpc) is 2.57. The van der Waals surface area contributed by atoms with Gasteiger partial charge in [-0.25, -0.2) is 0 Å². The van der Waals surface area contributed by atoms with Crippen LogP contribution in [0.3, 0.4) is 0 Å². The van der Waals surface area contributed by atoms with Crippen LogP contribution in [0.4, 0.5) is 0 Å². The molecule has 1 heterocycles. The molecule has 1 aliphatic rings. The topological polar surface area (TPSA) is 40.5 Å². The number of rotatable bonds is 6. The van der Waals surface area contributed by atoms with Crippen molar-refractivity contribution < 1.29 is 9.81 Å². The number of aliphatic hydroxyl groups excluding tert-OH is 1. The molecule has 2 atom stereocenters. The molecule has 1 N–H and O–H groups in total. The molecular formula is C13H24BNO2S. The molecule has 1 fully saturated rings. The Bertz CT molecular complexity index is 307. The van der Waals surface area contributed by atoms with Gasteiger partial charge in [0.2, 0.25) is 0 Å². The predicted molar refractivity (Wildman–Crippen MR) is 78.0 cm³/mol. The van der Waals surface area contributed by atoms with Gasteiger partial charge in [-0.15, -0.1) is 0 Å². The maximum absolute atomic E-state index is 10.8. The van der Waals surface area contributed by atoms with Crippen LogP contribution in [0.2, 0.25) is 0 Å². The first-order valence-electron chi connectivity index (χ1n) is 6.56. The zero-order valence-corrected chi connectivity index (χ0v) is 12.6. The van der Waals surface area contributed by atoms with Crippen LogP contribution in [-0.2, 0) is 4.70 Å². The number of nitrogens with zero attached hydrogens (tertiary/aromatic N) is 1. The SMILES string of the molecule is CC(C)[C@H](/C=C/C1CSC(C)(C)N1CB=O)CO. The van der Waals surface area contributed by atoms with Gasteiger partial charge in [0.05, 0.1) is 0 Å². The van der Waals surface area contributed by atoms with Crippen LogP contribution in [0.5, 0.6) is 0 Å². The maximum atomic E-state index is 10.8. The molecule has 0 saturated carbocycles. The summed E-state index contributed by atoms with van der Waals surface area (Å²) in [4.78, 5) is 2.23. The van der Waals surface area contributed by atoms with Crippen molar-refractivity contribution >= 4 is 18.9 Å². The Balaban J connectivity index is 2.71. The van der Waals surface area contributed by atoms with E-state index in [-0.39, 0.29) is 17.4 Å². The number of hydrogen-bond donors (Lipinski definition) is 1. The third kappa shape index (κ3) is 3.94. The molecule has 0 spiro atoms. The number of thioether (sulfide) groups is 1. The van der Waals surface area contributed by atoms with Crippen LogP contribution >= 0.6 is 11.8 Å². The summed E-state index contributed by atoms with van der Waals surface area (Å²) in [5, 5.41) is 9.32. The van der Waals surface area contributed by atoms with Gasteiger partial charge in [-0.1, -0.05) is 0 Å². The molecule has 1 aliphatic heterocycles. The molecule has 0 aromatic rings. The zero-order chi connectivity index (χ0) is 13.8. The van der Waals surface area contributed by atoms with E-state index in [1.54, 1.807) is 0 Å². The van der Waals surface area contributed by atoms with E-state index in [0.29, 0.717) is 18.4 Å². The first-order chi connectivity index (χ1) is 8.42. The van der Waals surface area contributed by atoms with Crippen molar-refractivity contribution in [2.45, 2.75) is 38.6 Å². The second-order valence-electron chi connectivity index (χ2n) is 5.62. The third-order valence-corrected chi connectivity index (χ3v) is 5.07. The Hall–Kier alpha value is -0.125. The van der Waals surface area contributed by atoms with E-state index in [0.717, 1.165) is 12.9 Å². The van der Waals surface area contributed by atoms with Crippen LogP contribution in [0.25, 0.3) is 0 Å². The molecule has 0 radical (unpaired) electrons. The molecule has 0 bridgehead atoms. The Morgan fingerprint density at radius 3 is 2.72 bits per heavy atom. The van der Waals surface area contributed by atoms with E-state index in [2.05, 4.69) is 44.7 Å². The van der Waals surface area contributed by atoms with Gasteiger partial charge in [-0.05, 0) is 0 Å². The second-order valence-corrected chi connectivity index (χ2v) is 7.24. The van der Waals surface area contributed by atoms with Crippen LogP contribution < -0.4 is 0 Å². The second kappa shape index (κ2) is 6.87. The van der Waals surface area contributed by atoms with Crippen molar-refractivity contribution in [2.24, 2.45) is 11.8 Å². The van der Waals surface area contributed by atoms with Gasteiger partial charge in [-0.3, -0.25) is 0 Å². The Morgan fingerprint density at radius 2 is 2.22 bits per heavy atom. The van der Waals surface area contributed by atoms with E-state index in [1.807, 2.05) is 11.8 Å². The summed E-state index contributed by atoms with van der Waals surface area (Å²) >= 11 is 1.88. The van der Waals surface area contributed by atoms with Gasteiger partial charge >= 0.3 is 115 Å². The van der Waals surface area contributed by atoms with E-state index >= 15 is 0 Å². The van der Waals surface area contributed by atoms with Crippen molar-refractivity contribution in [3.05, 3.63) is 12.2 Å². The van der Waals surface area contributed by atoms with E-state index < -0.39 is 0 Å². The van der Waals surface area contributed by atoms with Crippen molar-refractivity contribution in [1.82, 2.24) is 4.90 Å². The van der Waals surface area contributed by atoms with Crippen molar-refractivity contribution in [3.63, 3.8) is 0 Å². The summed E-state index contributed by atoms with van der Waals surface area (Å²) in [7, 11) is 0.973. The Labute approximate surface area is 115 Å². The third-order valence-electron chi connectivity index (χ3n) is 3.62. The van der Waals surface area contributed by atoms with Crippen LogP contribution in [0.1, 0.15) is 27.7 Å². The molecule has 1 rings (SSSR count). The first-order valence-corrected chi connectivity index (χ1v) is 7.54. The van der Waals surface area contributed by atoms with Gasteiger partial charge in [0, 0.05) is 0 Å². The van der Waals surface area contributed by atoms with Gasteiger partial charge in [0.25, 0.3) is 0 Å². The van der Waals surface area contributed by atoms with Crippen molar-refractivity contribution in [1.29, 1.82) is 0 Å². The normalized spacial score (nSPS) is 25.8. The molecule has 0 aliphatic carbocycles. The summed E-state index contributed by atoms with van der Waals surface area (Å²) in [5.74, 6) is 1.65. The Kier molecular flexibility index (Phi) is 6.08. The van der Waals surface area contributed by atoms with E-state index in [9.17, 15) is 9.81 Å². The van der Waals surface area contributed by atoms with Gasteiger partial charge in [0.1, 0.15) is 0 Å². The fraction of sp³-hybridized carbons (Fsp3) is 0.846. The van der Waals surface area contributed by atoms with Gasteiger partial charge < -0.3 is 0 Å². The molecule has 0 aromatic carbocycles. The standard InChI is InChI=1S/C13H24BNO2S/c1-10(2)11(7-16)5-6-12-8-18-13(3,4)15(12)9-14-17/h5-6,10-12,16H,7-9H2,1-4H3/b6-5+/t11-,12?/m1/s1. The summed E-state index contributed by atoms with van der Waals surface area (Å²) in [6.45, 7) is 8.72. The number of hydrogen-bond acceptors (Lipinski definition) is 4. The summed E-state index contributed by atoms with van der Waals surface area (Å²) in [6.07, 6.45) is 4.74. The molecular weight excluding hydrogens is 245 g/mol. The quantitative estimate of drug-likeness (QED) is 0.591. The minimum atomic E-state index is 0.0163. The monoisotopic (exact) mass is 269 g/mol. The summed E-state index contributed by atoms with van der Waals surface area (Å²) < 4.78 is 10.8. The predicted octanol–water partition coefficient (Wildman–Crippen LogP) is 1.97. The van der Waals surface area contributed by atoms with Gasteiger partial charge in [0.15, 0.2) is 0 Å². The van der Waals surface area contributed by atoms with Crippen LogP contribution in [0, 0.1) is 11.8 Å². The molecule has 0 aromatic heterocycles. The number of aliphatic hydroxyl groups is 1. The van der Waals surface area contributed by atoms with Crippen LogP contribution in [-0.4, -0.2) is 46.9 Å². The fourth-order valence-electron chi connectivity index (χ4n) is 2.22. The van der Waals surface area contributed by atoms with Crippen molar-refractivity contribution in [3.8, 4) is 0 Å². The molecule has 3 nitrogen and oxygen atoms in total. The minimum absolute atomic E-state index is 0.0163. The molecule has 1 saturated heterocycles. The zero-order valence-electron chi connectivity index (χ0n) is 11.8. The first kappa shape index (κ1) is 15.9. The fourth-order valence-corrected chi connectivity index (χ4v) is 3.47. The molecule has 102 valence electrons. The Morgan fingerprint density at radius 1 is 1.56 bits per heavy atom. The van der Waals surface area contributed by atoms with Crippen LogP contribution in [0.15, 0.2) is 12.2 Å². The molecule has 18 heavy (non-hydrogen) atoms. The average molecular weight is 269 g/mol. The molecule has 0 amide bonds. The van der Waals surface area contributed by atoms with E-state index in [1.165, 1.54) is 0 Å².